The number of benzene rings is 3. The third-order valence-electron chi connectivity index (χ3n) is 7.25. The van der Waals surface area contributed by atoms with Crippen LogP contribution >= 0.6 is 0 Å². The number of carbonyl (C=O) groups is 2. The van der Waals surface area contributed by atoms with E-state index in [1.807, 2.05) is 51.1 Å². The molecule has 3 aromatic rings. The Morgan fingerprint density at radius 3 is 1.87 bits per heavy atom. The molecule has 0 aromatic heterocycles. The second kappa shape index (κ2) is 13.5. The van der Waals surface area contributed by atoms with Crippen molar-refractivity contribution < 1.29 is 14.3 Å². The molecule has 1 N–H and O–H groups in total. The second-order valence-electron chi connectivity index (χ2n) is 11.6. The minimum Gasteiger partial charge on any atom is -0.444 e. The van der Waals surface area contributed by atoms with Gasteiger partial charge in [0.1, 0.15) is 11.6 Å². The fourth-order valence-electron chi connectivity index (χ4n) is 5.25. The Bertz CT molecular complexity index is 1160. The molecule has 0 bridgehead atoms. The van der Waals surface area contributed by atoms with Crippen molar-refractivity contribution in [1.29, 1.82) is 0 Å². The van der Waals surface area contributed by atoms with Gasteiger partial charge in [0.2, 0.25) is 5.91 Å². The van der Waals surface area contributed by atoms with E-state index in [2.05, 4.69) is 59.9 Å². The molecular weight excluding hydrogens is 484 g/mol. The van der Waals surface area contributed by atoms with Gasteiger partial charge in [-0.05, 0) is 81.5 Å². The first kappa shape index (κ1) is 28.4. The van der Waals surface area contributed by atoms with Gasteiger partial charge in [0.05, 0.1) is 6.54 Å². The molecule has 1 unspecified atom stereocenters. The van der Waals surface area contributed by atoms with Crippen LogP contribution in [0.5, 0.6) is 0 Å². The normalized spacial score (nSPS) is 15.1. The number of fused-ring (bicyclic) bond motifs is 1. The smallest absolute Gasteiger partial charge is 0.411 e. The van der Waals surface area contributed by atoms with Gasteiger partial charge >= 0.3 is 6.09 Å². The van der Waals surface area contributed by atoms with Crippen molar-refractivity contribution in [1.82, 2.24) is 10.2 Å². The van der Waals surface area contributed by atoms with E-state index in [0.29, 0.717) is 13.0 Å². The lowest BCUT2D eigenvalue weighted by Crippen LogP contribution is -2.55. The lowest BCUT2D eigenvalue weighted by Gasteiger charge is -2.37. The average Bonchev–Trinajstić information content (AvgIpc) is 2.92. The van der Waals surface area contributed by atoms with E-state index in [4.69, 9.17) is 4.74 Å². The third kappa shape index (κ3) is 8.71. The van der Waals surface area contributed by atoms with Gasteiger partial charge < -0.3 is 10.1 Å². The van der Waals surface area contributed by atoms with Crippen LogP contribution in [0.3, 0.4) is 0 Å². The van der Waals surface area contributed by atoms with Crippen molar-refractivity contribution in [3.8, 4) is 0 Å². The lowest BCUT2D eigenvalue weighted by atomic mass is 9.93. The Labute approximate surface area is 233 Å². The molecule has 2 amide bonds. The van der Waals surface area contributed by atoms with Gasteiger partial charge in [-0.3, -0.25) is 9.69 Å². The maximum atomic E-state index is 13.8. The zero-order chi connectivity index (χ0) is 27.7. The Hall–Kier alpha value is -3.60. The van der Waals surface area contributed by atoms with Gasteiger partial charge in [-0.1, -0.05) is 84.9 Å². The number of ether oxygens (including phenoxy) is 1. The fraction of sp³-hybridized carbons (Fsp3) is 0.412. The summed E-state index contributed by atoms with van der Waals surface area (Å²) in [5, 5.41) is 3.35. The van der Waals surface area contributed by atoms with Gasteiger partial charge in [-0.2, -0.15) is 0 Å². The Morgan fingerprint density at radius 1 is 0.821 bits per heavy atom. The highest BCUT2D eigenvalue weighted by Gasteiger charge is 2.37. The summed E-state index contributed by atoms with van der Waals surface area (Å²) in [5.41, 5.74) is 4.17. The molecule has 0 spiro atoms. The summed E-state index contributed by atoms with van der Waals surface area (Å²) < 4.78 is 5.71. The first-order chi connectivity index (χ1) is 18.8. The monoisotopic (exact) mass is 526 g/mol. The van der Waals surface area contributed by atoms with Gasteiger partial charge in [0.15, 0.2) is 0 Å². The summed E-state index contributed by atoms with van der Waals surface area (Å²) in [6.45, 7) is 5.93. The summed E-state index contributed by atoms with van der Waals surface area (Å²) >= 11 is 0. The Kier molecular flexibility index (Phi) is 9.80. The van der Waals surface area contributed by atoms with Crippen molar-refractivity contribution in [3.63, 3.8) is 0 Å². The predicted molar refractivity (Wildman–Crippen MR) is 156 cm³/mol. The van der Waals surface area contributed by atoms with Crippen LogP contribution in [-0.2, 0) is 35.3 Å². The SMILES string of the molecule is CC(C)(C)OC(=O)N1Cc2ccccc2CC1C(=O)NC(CCCc1ccccc1)CCCc1ccccc1. The molecule has 0 saturated carbocycles. The number of amides is 2. The summed E-state index contributed by atoms with van der Waals surface area (Å²) in [6, 6.07) is 28.5. The number of carbonyl (C=O) groups excluding carboxylic acids is 2. The van der Waals surface area contributed by atoms with Gasteiger partial charge in [0, 0.05) is 12.5 Å². The van der Waals surface area contributed by atoms with Gasteiger partial charge in [-0.15, -0.1) is 0 Å². The van der Waals surface area contributed by atoms with Gasteiger partial charge in [0.25, 0.3) is 0 Å². The van der Waals surface area contributed by atoms with Gasteiger partial charge in [-0.25, -0.2) is 4.79 Å². The van der Waals surface area contributed by atoms with Crippen LogP contribution in [0, 0.1) is 0 Å². The minimum atomic E-state index is -0.632. The molecule has 206 valence electrons. The molecule has 0 fully saturated rings. The lowest BCUT2D eigenvalue weighted by molar-refractivity contribution is -0.127. The van der Waals surface area contributed by atoms with Crippen molar-refractivity contribution in [2.45, 2.75) is 89.9 Å². The summed E-state index contributed by atoms with van der Waals surface area (Å²) in [6.07, 6.45) is 5.77. The summed E-state index contributed by atoms with van der Waals surface area (Å²) in [5.74, 6) is -0.0974. The topological polar surface area (TPSA) is 58.6 Å². The molecular formula is C34H42N2O3. The fourth-order valence-corrected chi connectivity index (χ4v) is 5.25. The molecule has 39 heavy (non-hydrogen) atoms. The maximum Gasteiger partial charge on any atom is 0.411 e. The van der Waals surface area contributed by atoms with E-state index in [1.54, 1.807) is 4.90 Å². The van der Waals surface area contributed by atoms with E-state index in [1.165, 1.54) is 11.1 Å². The van der Waals surface area contributed by atoms with Crippen LogP contribution in [0.15, 0.2) is 84.9 Å². The number of nitrogens with one attached hydrogen (secondary N) is 1. The van der Waals surface area contributed by atoms with E-state index < -0.39 is 17.7 Å². The Balaban J connectivity index is 1.45. The first-order valence-electron chi connectivity index (χ1n) is 14.2. The van der Waals surface area contributed by atoms with Crippen LogP contribution in [-0.4, -0.2) is 34.6 Å². The molecule has 0 saturated heterocycles. The number of aryl methyl sites for hydroxylation is 2. The van der Waals surface area contributed by atoms with Crippen LogP contribution in [0.1, 0.15) is 68.7 Å². The number of hydrogen-bond acceptors (Lipinski definition) is 3. The number of hydrogen-bond donors (Lipinski definition) is 1. The quantitative estimate of drug-likeness (QED) is 0.313. The second-order valence-corrected chi connectivity index (χ2v) is 11.6. The van der Waals surface area contributed by atoms with E-state index in [-0.39, 0.29) is 11.9 Å². The number of nitrogens with zero attached hydrogens (tertiary/aromatic N) is 1. The third-order valence-corrected chi connectivity index (χ3v) is 7.25. The standard InChI is InChI=1S/C34H42N2O3/c1-34(2,3)39-33(38)36-25-29-21-11-10-20-28(29)24-31(36)32(37)35-30(22-12-18-26-14-6-4-7-15-26)23-13-19-27-16-8-5-9-17-27/h4-11,14-17,20-21,30-31H,12-13,18-19,22-25H2,1-3H3,(H,35,37). The summed E-state index contributed by atoms with van der Waals surface area (Å²) in [7, 11) is 0. The molecule has 5 nitrogen and oxygen atoms in total. The molecule has 0 aliphatic carbocycles. The predicted octanol–water partition coefficient (Wildman–Crippen LogP) is 6.88. The Morgan fingerprint density at radius 2 is 1.33 bits per heavy atom. The van der Waals surface area contributed by atoms with Crippen molar-refractivity contribution in [2.75, 3.05) is 0 Å². The zero-order valence-corrected chi connectivity index (χ0v) is 23.6. The van der Waals surface area contributed by atoms with Crippen molar-refractivity contribution in [3.05, 3.63) is 107 Å². The zero-order valence-electron chi connectivity index (χ0n) is 23.6. The van der Waals surface area contributed by atoms with Crippen molar-refractivity contribution in [2.24, 2.45) is 0 Å². The average molecular weight is 527 g/mol. The van der Waals surface area contributed by atoms with Crippen molar-refractivity contribution >= 4 is 12.0 Å². The largest absolute Gasteiger partial charge is 0.444 e. The maximum absolute atomic E-state index is 13.8. The highest BCUT2D eigenvalue weighted by Crippen LogP contribution is 2.26. The molecule has 4 rings (SSSR count). The van der Waals surface area contributed by atoms with E-state index in [0.717, 1.165) is 49.7 Å². The molecule has 1 heterocycles. The first-order valence-corrected chi connectivity index (χ1v) is 14.2. The molecule has 1 atom stereocenters. The summed E-state index contributed by atoms with van der Waals surface area (Å²) in [4.78, 5) is 28.6. The minimum absolute atomic E-state index is 0.0441. The molecule has 1 aliphatic rings. The highest BCUT2D eigenvalue weighted by atomic mass is 16.6. The van der Waals surface area contributed by atoms with E-state index >= 15 is 0 Å². The molecule has 3 aromatic carbocycles. The molecule has 5 heteroatoms. The van der Waals surface area contributed by atoms with E-state index in [9.17, 15) is 9.59 Å². The molecule has 1 aliphatic heterocycles. The number of rotatable bonds is 10. The molecule has 0 radical (unpaired) electrons. The highest BCUT2D eigenvalue weighted by molar-refractivity contribution is 5.86. The van der Waals surface area contributed by atoms with Crippen LogP contribution in [0.25, 0.3) is 0 Å². The van der Waals surface area contributed by atoms with Crippen LogP contribution in [0.4, 0.5) is 4.79 Å². The van der Waals surface area contributed by atoms with Crippen LogP contribution < -0.4 is 5.32 Å². The van der Waals surface area contributed by atoms with Crippen LogP contribution in [0.2, 0.25) is 0 Å².